The first-order chi connectivity index (χ1) is 13.9. The summed E-state index contributed by atoms with van der Waals surface area (Å²) in [6.07, 6.45) is 4.88. The van der Waals surface area contributed by atoms with Crippen LogP contribution in [0.5, 0.6) is 0 Å². The molecule has 0 unspecified atom stereocenters. The van der Waals surface area contributed by atoms with Gasteiger partial charge in [0.15, 0.2) is 0 Å². The van der Waals surface area contributed by atoms with Crippen LogP contribution in [-0.2, 0) is 14.8 Å². The molecule has 0 aliphatic carbocycles. The second-order valence-electron chi connectivity index (χ2n) is 5.96. The molecule has 0 aliphatic rings. The summed E-state index contributed by atoms with van der Waals surface area (Å²) in [5.41, 5.74) is 0.485. The van der Waals surface area contributed by atoms with Gasteiger partial charge in [0.05, 0.1) is 22.5 Å². The van der Waals surface area contributed by atoms with Gasteiger partial charge in [0.25, 0.3) is 10.0 Å². The van der Waals surface area contributed by atoms with Gasteiger partial charge in [-0.05, 0) is 60.9 Å². The van der Waals surface area contributed by atoms with Crippen molar-refractivity contribution in [2.24, 2.45) is 0 Å². The van der Waals surface area contributed by atoms with E-state index in [-0.39, 0.29) is 10.6 Å². The van der Waals surface area contributed by atoms with Crippen LogP contribution >= 0.6 is 11.8 Å². The van der Waals surface area contributed by atoms with Crippen molar-refractivity contribution in [2.75, 3.05) is 22.4 Å². The van der Waals surface area contributed by atoms with E-state index in [2.05, 4.69) is 10.3 Å². The standard InChI is InChI=1S/C20H18FN3O3S2/c1-28-18-7-9-19(10-8-18)29(26,27)24(17-6-2-4-15(21)12-17)14-20(25)23-16-5-3-11-22-13-16/h2-13H,14H2,1H3,(H,23,25). The molecule has 1 heterocycles. The molecule has 0 spiro atoms. The molecule has 150 valence electrons. The maximum atomic E-state index is 13.8. The number of carbonyl (C=O) groups excluding carboxylic acids is 1. The second-order valence-corrected chi connectivity index (χ2v) is 8.70. The van der Waals surface area contributed by atoms with Gasteiger partial charge in [0.1, 0.15) is 12.4 Å². The largest absolute Gasteiger partial charge is 0.323 e. The number of hydrogen-bond acceptors (Lipinski definition) is 5. The van der Waals surface area contributed by atoms with Crippen LogP contribution in [0.3, 0.4) is 0 Å². The van der Waals surface area contributed by atoms with Crippen molar-refractivity contribution < 1.29 is 17.6 Å². The van der Waals surface area contributed by atoms with E-state index in [9.17, 15) is 17.6 Å². The number of nitrogens with zero attached hydrogens (tertiary/aromatic N) is 2. The van der Waals surface area contributed by atoms with E-state index in [1.807, 2.05) is 6.26 Å². The van der Waals surface area contributed by atoms with E-state index in [1.165, 1.54) is 48.3 Å². The number of carbonyl (C=O) groups is 1. The summed E-state index contributed by atoms with van der Waals surface area (Å²) in [4.78, 5) is 17.3. The molecule has 0 fully saturated rings. The van der Waals surface area contributed by atoms with Gasteiger partial charge in [-0.15, -0.1) is 11.8 Å². The van der Waals surface area contributed by atoms with Gasteiger partial charge in [-0.25, -0.2) is 12.8 Å². The van der Waals surface area contributed by atoms with Crippen LogP contribution < -0.4 is 9.62 Å². The molecule has 0 radical (unpaired) electrons. The van der Waals surface area contributed by atoms with Crippen molar-refractivity contribution in [2.45, 2.75) is 9.79 Å². The fraction of sp³-hybridized carbons (Fsp3) is 0.100. The number of sulfonamides is 1. The first-order valence-electron chi connectivity index (χ1n) is 8.52. The Bertz CT molecular complexity index is 1090. The number of pyridine rings is 1. The van der Waals surface area contributed by atoms with E-state index in [1.54, 1.807) is 30.5 Å². The summed E-state index contributed by atoms with van der Waals surface area (Å²) in [7, 11) is -4.10. The Kier molecular flexibility index (Phi) is 6.50. The molecule has 1 amide bonds. The number of amides is 1. The fourth-order valence-corrected chi connectivity index (χ4v) is 4.41. The van der Waals surface area contributed by atoms with Crippen molar-refractivity contribution in [1.82, 2.24) is 4.98 Å². The summed E-state index contributed by atoms with van der Waals surface area (Å²) < 4.78 is 41.1. The number of anilines is 2. The zero-order chi connectivity index (χ0) is 20.9. The predicted molar refractivity (Wildman–Crippen MR) is 112 cm³/mol. The maximum absolute atomic E-state index is 13.8. The van der Waals surface area contributed by atoms with Crippen molar-refractivity contribution in [3.05, 3.63) is 78.9 Å². The van der Waals surface area contributed by atoms with Crippen molar-refractivity contribution in [3.63, 3.8) is 0 Å². The average molecular weight is 432 g/mol. The molecule has 29 heavy (non-hydrogen) atoms. The zero-order valence-electron chi connectivity index (χ0n) is 15.4. The average Bonchev–Trinajstić information content (AvgIpc) is 2.72. The Labute approximate surface area is 172 Å². The van der Waals surface area contributed by atoms with Gasteiger partial charge in [-0.1, -0.05) is 6.07 Å². The van der Waals surface area contributed by atoms with Gasteiger partial charge < -0.3 is 5.32 Å². The molecule has 6 nitrogen and oxygen atoms in total. The highest BCUT2D eigenvalue weighted by Gasteiger charge is 2.27. The minimum absolute atomic E-state index is 0.00809. The van der Waals surface area contributed by atoms with Gasteiger partial charge >= 0.3 is 0 Å². The van der Waals surface area contributed by atoms with E-state index in [0.29, 0.717) is 5.69 Å². The van der Waals surface area contributed by atoms with Crippen LogP contribution in [0.2, 0.25) is 0 Å². The third-order valence-corrected chi connectivity index (χ3v) is 6.51. The smallest absolute Gasteiger partial charge is 0.264 e. The van der Waals surface area contributed by atoms with E-state index in [0.717, 1.165) is 15.3 Å². The van der Waals surface area contributed by atoms with Crippen LogP contribution in [0.4, 0.5) is 15.8 Å². The molecule has 0 aliphatic heterocycles. The quantitative estimate of drug-likeness (QED) is 0.576. The highest BCUT2D eigenvalue weighted by molar-refractivity contribution is 7.98. The summed E-state index contributed by atoms with van der Waals surface area (Å²) in [6.45, 7) is -0.523. The first kappa shape index (κ1) is 20.8. The Morgan fingerprint density at radius 1 is 1.14 bits per heavy atom. The number of nitrogens with one attached hydrogen (secondary N) is 1. The molecule has 2 aromatic carbocycles. The topological polar surface area (TPSA) is 79.4 Å². The number of benzene rings is 2. The molecule has 3 rings (SSSR count). The summed E-state index contributed by atoms with van der Waals surface area (Å²) in [5, 5.41) is 2.59. The molecule has 3 aromatic rings. The van der Waals surface area contributed by atoms with Gasteiger partial charge in [-0.2, -0.15) is 0 Å². The third kappa shape index (κ3) is 5.12. The Balaban J connectivity index is 1.95. The van der Waals surface area contributed by atoms with Crippen molar-refractivity contribution >= 4 is 39.1 Å². The molecular weight excluding hydrogens is 413 g/mol. The lowest BCUT2D eigenvalue weighted by molar-refractivity contribution is -0.114. The number of aromatic nitrogens is 1. The van der Waals surface area contributed by atoms with Crippen LogP contribution in [0, 0.1) is 5.82 Å². The second kappa shape index (κ2) is 9.06. The lowest BCUT2D eigenvalue weighted by Gasteiger charge is -2.24. The number of rotatable bonds is 7. The lowest BCUT2D eigenvalue weighted by Crippen LogP contribution is -2.38. The van der Waals surface area contributed by atoms with E-state index < -0.39 is 28.3 Å². The molecule has 0 atom stereocenters. The van der Waals surface area contributed by atoms with Crippen LogP contribution in [-0.4, -0.2) is 32.1 Å². The zero-order valence-corrected chi connectivity index (χ0v) is 17.1. The highest BCUT2D eigenvalue weighted by atomic mass is 32.2. The minimum Gasteiger partial charge on any atom is -0.323 e. The summed E-state index contributed by atoms with van der Waals surface area (Å²) >= 11 is 1.48. The minimum atomic E-state index is -4.10. The summed E-state index contributed by atoms with van der Waals surface area (Å²) in [5.74, 6) is -1.18. The maximum Gasteiger partial charge on any atom is 0.264 e. The highest BCUT2D eigenvalue weighted by Crippen LogP contribution is 2.26. The Morgan fingerprint density at radius 2 is 1.90 bits per heavy atom. The number of hydrogen-bond donors (Lipinski definition) is 1. The van der Waals surface area contributed by atoms with Crippen LogP contribution in [0.1, 0.15) is 0 Å². The van der Waals surface area contributed by atoms with Crippen LogP contribution in [0.15, 0.2) is 82.8 Å². The number of thioether (sulfide) groups is 1. The molecular formula is C20H18FN3O3S2. The lowest BCUT2D eigenvalue weighted by atomic mass is 10.3. The monoisotopic (exact) mass is 431 g/mol. The first-order valence-corrected chi connectivity index (χ1v) is 11.2. The van der Waals surface area contributed by atoms with E-state index >= 15 is 0 Å². The predicted octanol–water partition coefficient (Wildman–Crippen LogP) is 3.78. The molecule has 0 bridgehead atoms. The van der Waals surface area contributed by atoms with E-state index in [4.69, 9.17) is 0 Å². The molecule has 1 aromatic heterocycles. The normalized spacial score (nSPS) is 11.1. The molecule has 0 saturated heterocycles. The SMILES string of the molecule is CSc1ccc(S(=O)(=O)N(CC(=O)Nc2cccnc2)c2cccc(F)c2)cc1. The number of halogens is 1. The summed E-state index contributed by atoms with van der Waals surface area (Å²) in [6, 6.07) is 14.7. The molecule has 9 heteroatoms. The van der Waals surface area contributed by atoms with Crippen molar-refractivity contribution in [3.8, 4) is 0 Å². The van der Waals surface area contributed by atoms with Gasteiger partial charge in [0, 0.05) is 11.1 Å². The Hall–Kier alpha value is -2.91. The van der Waals surface area contributed by atoms with Crippen molar-refractivity contribution in [1.29, 1.82) is 0 Å². The van der Waals surface area contributed by atoms with Gasteiger partial charge in [0.2, 0.25) is 5.91 Å². The van der Waals surface area contributed by atoms with Crippen LogP contribution in [0.25, 0.3) is 0 Å². The molecule has 0 saturated carbocycles. The Morgan fingerprint density at radius 3 is 2.52 bits per heavy atom. The third-order valence-electron chi connectivity index (χ3n) is 3.98. The van der Waals surface area contributed by atoms with Gasteiger partial charge in [-0.3, -0.25) is 14.1 Å². The molecule has 1 N–H and O–H groups in total. The fourth-order valence-electron chi connectivity index (χ4n) is 2.59.